The zero-order chi connectivity index (χ0) is 34.6. The molecule has 5 aromatic carbocycles. The van der Waals surface area contributed by atoms with Crippen LogP contribution in [0, 0.1) is 5.92 Å². The van der Waals surface area contributed by atoms with Crippen LogP contribution in [0.3, 0.4) is 0 Å². The van der Waals surface area contributed by atoms with Crippen molar-refractivity contribution in [1.82, 2.24) is 4.90 Å². The quantitative estimate of drug-likeness (QED) is 0.187. The van der Waals surface area contributed by atoms with E-state index in [0.717, 1.165) is 33.2 Å². The SMILES string of the molecule is C[C@H](/C=C/CC(=O)N1Cc2ccccc2C[C@H]1CO)[C@@]1(O)C(=O)N(Cc2cccc(N3C(=O)c4cccc5cccc3c45)c2)c2ccccc21. The summed E-state index contributed by atoms with van der Waals surface area (Å²) < 4.78 is 0. The van der Waals surface area contributed by atoms with E-state index in [9.17, 15) is 24.6 Å². The van der Waals surface area contributed by atoms with Crippen molar-refractivity contribution in [3.05, 3.63) is 149 Å². The van der Waals surface area contributed by atoms with Crippen LogP contribution in [0.2, 0.25) is 0 Å². The van der Waals surface area contributed by atoms with Crippen molar-refractivity contribution in [2.75, 3.05) is 16.4 Å². The molecule has 8 rings (SSSR count). The molecule has 2 N–H and O–H groups in total. The van der Waals surface area contributed by atoms with E-state index in [1.54, 1.807) is 39.8 Å². The predicted molar refractivity (Wildman–Crippen MR) is 193 cm³/mol. The van der Waals surface area contributed by atoms with E-state index >= 15 is 0 Å². The highest BCUT2D eigenvalue weighted by Crippen LogP contribution is 2.46. The molecule has 5 aromatic rings. The van der Waals surface area contributed by atoms with Crippen molar-refractivity contribution in [1.29, 1.82) is 0 Å². The van der Waals surface area contributed by atoms with Crippen LogP contribution in [-0.4, -0.2) is 45.5 Å². The fourth-order valence-electron chi connectivity index (χ4n) is 7.88. The van der Waals surface area contributed by atoms with Crippen molar-refractivity contribution >= 4 is 45.6 Å². The summed E-state index contributed by atoms with van der Waals surface area (Å²) in [7, 11) is 0. The van der Waals surface area contributed by atoms with Gasteiger partial charge in [-0.15, -0.1) is 0 Å². The van der Waals surface area contributed by atoms with Crippen molar-refractivity contribution in [2.24, 2.45) is 5.92 Å². The molecule has 3 aliphatic rings. The Morgan fingerprint density at radius 1 is 0.900 bits per heavy atom. The highest BCUT2D eigenvalue weighted by Gasteiger charge is 2.52. The molecule has 0 aromatic heterocycles. The van der Waals surface area contributed by atoms with Crippen LogP contribution in [-0.2, 0) is 34.7 Å². The topological polar surface area (TPSA) is 101 Å². The first-order chi connectivity index (χ1) is 24.3. The Bertz CT molecular complexity index is 2210. The number of nitrogens with zero attached hydrogens (tertiary/aromatic N) is 3. The molecule has 3 atom stereocenters. The van der Waals surface area contributed by atoms with Gasteiger partial charge in [-0.05, 0) is 58.8 Å². The maximum absolute atomic E-state index is 14.2. The van der Waals surface area contributed by atoms with Gasteiger partial charge in [-0.25, -0.2) is 0 Å². The number of amides is 3. The average Bonchev–Trinajstić information content (AvgIpc) is 3.56. The number of aliphatic hydroxyl groups is 2. The van der Waals surface area contributed by atoms with Gasteiger partial charge < -0.3 is 20.0 Å². The number of aliphatic hydroxyl groups excluding tert-OH is 1. The van der Waals surface area contributed by atoms with Crippen LogP contribution in [0.25, 0.3) is 10.8 Å². The first-order valence-electron chi connectivity index (χ1n) is 17.0. The molecule has 0 saturated carbocycles. The minimum atomic E-state index is -1.84. The standard InChI is InChI=1S/C42H37N3O5/c1-27(10-6-21-38(47)43-25-31-13-3-2-12-30(31)23-33(43)26-46)42(50)35-18-4-5-19-36(35)44(41(42)49)24-28-11-7-16-32(22-28)45-37-20-9-15-29-14-8-17-34(39(29)37)40(45)48/h2-20,22,27,33,46,50H,21,23-26H2,1H3/b10-6+/t27-,33+,42+/m1/s1. The Labute approximate surface area is 290 Å². The summed E-state index contributed by atoms with van der Waals surface area (Å²) in [6.45, 7) is 2.29. The Kier molecular flexibility index (Phi) is 7.85. The highest BCUT2D eigenvalue weighted by atomic mass is 16.3. The Morgan fingerprint density at radius 3 is 2.44 bits per heavy atom. The van der Waals surface area contributed by atoms with Crippen molar-refractivity contribution in [3.63, 3.8) is 0 Å². The lowest BCUT2D eigenvalue weighted by Crippen LogP contribution is -2.46. The molecular formula is C42H37N3O5. The molecule has 0 spiro atoms. The smallest absolute Gasteiger partial charge is 0.264 e. The normalized spacial score (nSPS) is 20.1. The Hall–Kier alpha value is -5.57. The van der Waals surface area contributed by atoms with E-state index < -0.39 is 17.4 Å². The van der Waals surface area contributed by atoms with Gasteiger partial charge in [0.15, 0.2) is 5.60 Å². The molecule has 0 unspecified atom stereocenters. The molecule has 0 radical (unpaired) electrons. The second-order valence-corrected chi connectivity index (χ2v) is 13.4. The summed E-state index contributed by atoms with van der Waals surface area (Å²) in [5.74, 6) is -1.31. The lowest BCUT2D eigenvalue weighted by atomic mass is 9.83. The summed E-state index contributed by atoms with van der Waals surface area (Å²) in [6.07, 6.45) is 4.13. The Balaban J connectivity index is 1.02. The number of rotatable bonds is 8. The number of carbonyl (C=O) groups excluding carboxylic acids is 3. The third-order valence-electron chi connectivity index (χ3n) is 10.5. The van der Waals surface area contributed by atoms with Gasteiger partial charge in [-0.2, -0.15) is 0 Å². The van der Waals surface area contributed by atoms with Crippen molar-refractivity contribution in [2.45, 2.75) is 44.5 Å². The van der Waals surface area contributed by atoms with Gasteiger partial charge in [0.05, 0.1) is 36.1 Å². The zero-order valence-electron chi connectivity index (χ0n) is 27.7. The fraction of sp³-hybridized carbons (Fsp3) is 0.214. The lowest BCUT2D eigenvalue weighted by Gasteiger charge is -2.36. The van der Waals surface area contributed by atoms with Gasteiger partial charge >= 0.3 is 0 Å². The zero-order valence-corrected chi connectivity index (χ0v) is 27.7. The van der Waals surface area contributed by atoms with E-state index in [4.69, 9.17) is 0 Å². The number of anilines is 3. The third-order valence-corrected chi connectivity index (χ3v) is 10.5. The molecule has 0 aliphatic carbocycles. The van der Waals surface area contributed by atoms with Gasteiger partial charge in [0.2, 0.25) is 5.91 Å². The molecule has 3 amide bonds. The van der Waals surface area contributed by atoms with Crippen LogP contribution >= 0.6 is 0 Å². The molecule has 250 valence electrons. The number of carbonyl (C=O) groups is 3. The van der Waals surface area contributed by atoms with Crippen LogP contribution < -0.4 is 9.80 Å². The van der Waals surface area contributed by atoms with Gasteiger partial charge in [0.25, 0.3) is 11.8 Å². The molecule has 3 aliphatic heterocycles. The lowest BCUT2D eigenvalue weighted by molar-refractivity contribution is -0.139. The van der Waals surface area contributed by atoms with Crippen molar-refractivity contribution in [3.8, 4) is 0 Å². The average molecular weight is 664 g/mol. The largest absolute Gasteiger partial charge is 0.394 e. The number of hydrogen-bond acceptors (Lipinski definition) is 5. The monoisotopic (exact) mass is 663 g/mol. The number of benzene rings is 5. The van der Waals surface area contributed by atoms with Gasteiger partial charge in [-0.1, -0.05) is 97.9 Å². The first kappa shape index (κ1) is 31.7. The second kappa shape index (κ2) is 12.4. The second-order valence-electron chi connectivity index (χ2n) is 13.4. The molecule has 8 heteroatoms. The van der Waals surface area contributed by atoms with Crippen LogP contribution in [0.1, 0.15) is 46.0 Å². The van der Waals surface area contributed by atoms with E-state index in [2.05, 4.69) is 0 Å². The van der Waals surface area contributed by atoms with Gasteiger partial charge in [0.1, 0.15) is 0 Å². The molecule has 0 fully saturated rings. The maximum Gasteiger partial charge on any atom is 0.264 e. The molecule has 0 saturated heterocycles. The maximum atomic E-state index is 14.2. The predicted octanol–water partition coefficient (Wildman–Crippen LogP) is 6.39. The molecular weight excluding hydrogens is 626 g/mol. The minimum Gasteiger partial charge on any atom is -0.394 e. The summed E-state index contributed by atoms with van der Waals surface area (Å²) >= 11 is 0. The van der Waals surface area contributed by atoms with E-state index in [0.29, 0.717) is 35.5 Å². The molecule has 8 nitrogen and oxygen atoms in total. The van der Waals surface area contributed by atoms with Crippen LogP contribution in [0.15, 0.2) is 121 Å². The molecule has 3 heterocycles. The first-order valence-corrected chi connectivity index (χ1v) is 17.0. The summed E-state index contributed by atoms with van der Waals surface area (Å²) in [5, 5.41) is 24.1. The molecule has 50 heavy (non-hydrogen) atoms. The van der Waals surface area contributed by atoms with Crippen molar-refractivity contribution < 1.29 is 24.6 Å². The van der Waals surface area contributed by atoms with E-state index in [1.807, 2.05) is 103 Å². The van der Waals surface area contributed by atoms with E-state index in [-0.39, 0.29) is 37.4 Å². The summed E-state index contributed by atoms with van der Waals surface area (Å²) in [5.41, 5.74) is 4.50. The van der Waals surface area contributed by atoms with Gasteiger partial charge in [0, 0.05) is 35.5 Å². The number of para-hydroxylation sites is 1. The van der Waals surface area contributed by atoms with Crippen LogP contribution in [0.4, 0.5) is 17.1 Å². The summed E-state index contributed by atoms with van der Waals surface area (Å²) in [6, 6.07) is 34.2. The summed E-state index contributed by atoms with van der Waals surface area (Å²) in [4.78, 5) is 46.2. The number of fused-ring (bicyclic) bond motifs is 2. The van der Waals surface area contributed by atoms with E-state index in [1.165, 1.54) is 0 Å². The van der Waals surface area contributed by atoms with Gasteiger partial charge in [-0.3, -0.25) is 19.3 Å². The molecule has 0 bridgehead atoms. The third kappa shape index (κ3) is 5.02. The number of hydrogen-bond donors (Lipinski definition) is 2. The fourth-order valence-corrected chi connectivity index (χ4v) is 7.88. The minimum absolute atomic E-state index is 0.0816. The highest BCUT2D eigenvalue weighted by molar-refractivity contribution is 6.27. The van der Waals surface area contributed by atoms with Crippen LogP contribution in [0.5, 0.6) is 0 Å². The Morgan fingerprint density at radius 2 is 1.62 bits per heavy atom.